The predicted molar refractivity (Wildman–Crippen MR) is 77.8 cm³/mol. The molecule has 1 aromatic carbocycles. The maximum Gasteiger partial charge on any atom is 0.166 e. The second kappa shape index (κ2) is 9.68. The third-order valence-electron chi connectivity index (χ3n) is 3.02. The van der Waals surface area contributed by atoms with E-state index in [1.807, 2.05) is 25.1 Å². The molecule has 3 nitrogen and oxygen atoms in total. The van der Waals surface area contributed by atoms with Crippen LogP contribution >= 0.6 is 0 Å². The third kappa shape index (κ3) is 5.52. The summed E-state index contributed by atoms with van der Waals surface area (Å²) in [6.07, 6.45) is 6.05. The van der Waals surface area contributed by atoms with E-state index in [-0.39, 0.29) is 6.61 Å². The molecule has 19 heavy (non-hydrogen) atoms. The molecule has 1 rings (SSSR count). The van der Waals surface area contributed by atoms with Crippen molar-refractivity contribution in [2.45, 2.75) is 52.6 Å². The number of hydrogen-bond acceptors (Lipinski definition) is 3. The molecule has 0 spiro atoms. The summed E-state index contributed by atoms with van der Waals surface area (Å²) in [6.45, 7) is 5.41. The molecule has 0 unspecified atom stereocenters. The molecule has 0 aliphatic rings. The Morgan fingerprint density at radius 2 is 1.79 bits per heavy atom. The number of aliphatic hydroxyl groups is 1. The lowest BCUT2D eigenvalue weighted by Gasteiger charge is -2.14. The van der Waals surface area contributed by atoms with Crippen LogP contribution in [-0.2, 0) is 6.61 Å². The van der Waals surface area contributed by atoms with E-state index < -0.39 is 0 Å². The fraction of sp³-hybridized carbons (Fsp3) is 0.625. The normalized spacial score (nSPS) is 10.5. The molecule has 0 aliphatic carbocycles. The Bertz CT molecular complexity index is 350. The molecule has 0 bridgehead atoms. The van der Waals surface area contributed by atoms with Gasteiger partial charge in [0.2, 0.25) is 0 Å². The van der Waals surface area contributed by atoms with Gasteiger partial charge in [0.05, 0.1) is 19.8 Å². The maximum atomic E-state index is 9.35. The van der Waals surface area contributed by atoms with Crippen molar-refractivity contribution in [2.75, 3.05) is 13.2 Å². The Hall–Kier alpha value is -1.22. The van der Waals surface area contributed by atoms with E-state index in [2.05, 4.69) is 6.92 Å². The zero-order valence-electron chi connectivity index (χ0n) is 12.2. The lowest BCUT2D eigenvalue weighted by atomic mass is 10.1. The summed E-state index contributed by atoms with van der Waals surface area (Å²) in [7, 11) is 0. The summed E-state index contributed by atoms with van der Waals surface area (Å²) in [5.74, 6) is 1.42. The van der Waals surface area contributed by atoms with Gasteiger partial charge in [0.25, 0.3) is 0 Å². The molecule has 0 fully saturated rings. The maximum absolute atomic E-state index is 9.35. The number of aliphatic hydroxyl groups excluding tert-OH is 1. The lowest BCUT2D eigenvalue weighted by Crippen LogP contribution is -2.04. The molecule has 0 aromatic heterocycles. The SMILES string of the molecule is CCCCCCCOc1c(CO)cccc1OCC. The van der Waals surface area contributed by atoms with Crippen LogP contribution in [0.15, 0.2) is 18.2 Å². The van der Waals surface area contributed by atoms with Gasteiger partial charge >= 0.3 is 0 Å². The van der Waals surface area contributed by atoms with Crippen molar-refractivity contribution in [2.24, 2.45) is 0 Å². The van der Waals surface area contributed by atoms with E-state index in [9.17, 15) is 5.11 Å². The van der Waals surface area contributed by atoms with Crippen LogP contribution in [-0.4, -0.2) is 18.3 Å². The smallest absolute Gasteiger partial charge is 0.166 e. The van der Waals surface area contributed by atoms with E-state index in [4.69, 9.17) is 9.47 Å². The van der Waals surface area contributed by atoms with Crippen molar-refractivity contribution < 1.29 is 14.6 Å². The van der Waals surface area contributed by atoms with Gasteiger partial charge in [-0.2, -0.15) is 0 Å². The topological polar surface area (TPSA) is 38.7 Å². The Morgan fingerprint density at radius 3 is 2.47 bits per heavy atom. The molecule has 3 heteroatoms. The van der Waals surface area contributed by atoms with Gasteiger partial charge in [-0.25, -0.2) is 0 Å². The first-order valence-electron chi connectivity index (χ1n) is 7.31. The number of ether oxygens (including phenoxy) is 2. The number of benzene rings is 1. The van der Waals surface area contributed by atoms with E-state index >= 15 is 0 Å². The average molecular weight is 266 g/mol. The quantitative estimate of drug-likeness (QED) is 0.652. The molecule has 0 saturated carbocycles. The highest BCUT2D eigenvalue weighted by atomic mass is 16.5. The first-order valence-corrected chi connectivity index (χ1v) is 7.31. The van der Waals surface area contributed by atoms with Crippen LogP contribution in [0.3, 0.4) is 0 Å². The van der Waals surface area contributed by atoms with Gasteiger partial charge in [-0.05, 0) is 19.4 Å². The first-order chi connectivity index (χ1) is 9.33. The van der Waals surface area contributed by atoms with Crippen LogP contribution in [0.2, 0.25) is 0 Å². The molecule has 0 atom stereocenters. The van der Waals surface area contributed by atoms with Crippen LogP contribution in [0.5, 0.6) is 11.5 Å². The highest BCUT2D eigenvalue weighted by molar-refractivity contribution is 5.46. The minimum absolute atomic E-state index is 0.0217. The minimum atomic E-state index is -0.0217. The predicted octanol–water partition coefficient (Wildman–Crippen LogP) is 3.93. The van der Waals surface area contributed by atoms with Crippen LogP contribution in [0.25, 0.3) is 0 Å². The van der Waals surface area contributed by atoms with E-state index in [1.54, 1.807) is 0 Å². The van der Waals surface area contributed by atoms with Crippen LogP contribution in [0.4, 0.5) is 0 Å². The second-order valence-electron chi connectivity index (χ2n) is 4.60. The molecule has 0 radical (unpaired) electrons. The van der Waals surface area contributed by atoms with Crippen molar-refractivity contribution in [1.29, 1.82) is 0 Å². The van der Waals surface area contributed by atoms with Gasteiger partial charge in [-0.1, -0.05) is 44.7 Å². The van der Waals surface area contributed by atoms with E-state index in [0.29, 0.717) is 19.0 Å². The monoisotopic (exact) mass is 266 g/mol. The Morgan fingerprint density at radius 1 is 1.00 bits per heavy atom. The number of para-hydroxylation sites is 1. The zero-order valence-corrected chi connectivity index (χ0v) is 12.2. The van der Waals surface area contributed by atoms with Crippen LogP contribution < -0.4 is 9.47 Å². The van der Waals surface area contributed by atoms with Gasteiger partial charge in [0.15, 0.2) is 11.5 Å². The van der Waals surface area contributed by atoms with Gasteiger partial charge < -0.3 is 14.6 Å². The van der Waals surface area contributed by atoms with E-state index in [0.717, 1.165) is 17.7 Å². The highest BCUT2D eigenvalue weighted by Gasteiger charge is 2.10. The summed E-state index contributed by atoms with van der Waals surface area (Å²) >= 11 is 0. The fourth-order valence-electron chi connectivity index (χ4n) is 2.00. The summed E-state index contributed by atoms with van der Waals surface area (Å²) < 4.78 is 11.3. The molecular weight excluding hydrogens is 240 g/mol. The Kier molecular flexibility index (Phi) is 8.07. The van der Waals surface area contributed by atoms with Crippen molar-refractivity contribution in [3.05, 3.63) is 23.8 Å². The minimum Gasteiger partial charge on any atom is -0.490 e. The molecule has 0 heterocycles. The zero-order chi connectivity index (χ0) is 13.9. The van der Waals surface area contributed by atoms with Gasteiger partial charge in [0, 0.05) is 5.56 Å². The standard InChI is InChI=1S/C16H26O3/c1-3-5-6-7-8-12-19-16-14(13-17)10-9-11-15(16)18-4-2/h9-11,17H,3-8,12-13H2,1-2H3. The van der Waals surface area contributed by atoms with Crippen LogP contribution in [0.1, 0.15) is 51.5 Å². The summed E-state index contributed by atoms with van der Waals surface area (Å²) in [5.41, 5.74) is 0.791. The molecular formula is C16H26O3. The van der Waals surface area contributed by atoms with Crippen molar-refractivity contribution in [1.82, 2.24) is 0 Å². The molecule has 0 amide bonds. The van der Waals surface area contributed by atoms with Gasteiger partial charge in [-0.3, -0.25) is 0 Å². The summed E-state index contributed by atoms with van der Waals surface area (Å²) in [6, 6.07) is 5.63. The number of hydrogen-bond donors (Lipinski definition) is 1. The molecule has 1 aromatic rings. The number of rotatable bonds is 10. The Labute approximate surface area is 116 Å². The average Bonchev–Trinajstić information content (AvgIpc) is 2.44. The summed E-state index contributed by atoms with van der Waals surface area (Å²) in [5, 5.41) is 9.35. The third-order valence-corrected chi connectivity index (χ3v) is 3.02. The van der Waals surface area contributed by atoms with Gasteiger partial charge in [0.1, 0.15) is 0 Å². The van der Waals surface area contributed by atoms with Crippen molar-refractivity contribution in [3.63, 3.8) is 0 Å². The lowest BCUT2D eigenvalue weighted by molar-refractivity contribution is 0.245. The van der Waals surface area contributed by atoms with Gasteiger partial charge in [-0.15, -0.1) is 0 Å². The molecule has 108 valence electrons. The Balaban J connectivity index is 2.50. The van der Waals surface area contributed by atoms with Crippen LogP contribution in [0, 0.1) is 0 Å². The molecule has 0 saturated heterocycles. The van der Waals surface area contributed by atoms with E-state index in [1.165, 1.54) is 25.7 Å². The summed E-state index contributed by atoms with van der Waals surface area (Å²) in [4.78, 5) is 0. The van der Waals surface area contributed by atoms with Crippen molar-refractivity contribution in [3.8, 4) is 11.5 Å². The second-order valence-corrected chi connectivity index (χ2v) is 4.60. The molecule has 0 aliphatic heterocycles. The fourth-order valence-corrected chi connectivity index (χ4v) is 2.00. The highest BCUT2D eigenvalue weighted by Crippen LogP contribution is 2.31. The largest absolute Gasteiger partial charge is 0.490 e. The molecule has 1 N–H and O–H groups in total. The first kappa shape index (κ1) is 15.8. The number of unbranched alkanes of at least 4 members (excludes halogenated alkanes) is 4. The van der Waals surface area contributed by atoms with Crippen molar-refractivity contribution >= 4 is 0 Å².